The smallest absolute Gasteiger partial charge is 0.328 e. The third-order valence-electron chi connectivity index (χ3n) is 5.91. The fourth-order valence-electron chi connectivity index (χ4n) is 4.14. The highest BCUT2D eigenvalue weighted by atomic mass is 35.5. The Morgan fingerprint density at radius 1 is 0.967 bits per heavy atom. The van der Waals surface area contributed by atoms with E-state index in [9.17, 15) is 4.79 Å². The van der Waals surface area contributed by atoms with Gasteiger partial charge in [0, 0.05) is 26.7 Å². The van der Waals surface area contributed by atoms with E-state index in [0.717, 1.165) is 34.6 Å². The van der Waals surface area contributed by atoms with Crippen molar-refractivity contribution in [3.63, 3.8) is 0 Å². The molecule has 6 nitrogen and oxygen atoms in total. The molecule has 0 bridgehead atoms. The standard InChI is InChI=1S/C23H29N3O3.ClH/c1-25-19-10-8-17(12-20(19)26(2)23(25)27)15-29-21-11-9-16(13-22(21)28-3)14-24-18-6-4-5-7-18;/h8-13,18,24H,4-7,14-15H2,1-3H3;1H. The molecule has 7 heteroatoms. The third kappa shape index (κ3) is 4.50. The fourth-order valence-corrected chi connectivity index (χ4v) is 4.14. The second-order valence-electron chi connectivity index (χ2n) is 7.86. The number of nitrogens with zero attached hydrogens (tertiary/aromatic N) is 2. The Hall–Kier alpha value is -2.44. The topological polar surface area (TPSA) is 57.4 Å². The summed E-state index contributed by atoms with van der Waals surface area (Å²) >= 11 is 0. The normalized spacial score (nSPS) is 14.1. The largest absolute Gasteiger partial charge is 0.493 e. The molecule has 0 amide bonds. The number of hydrogen-bond donors (Lipinski definition) is 1. The van der Waals surface area contributed by atoms with Crippen LogP contribution in [0.1, 0.15) is 36.8 Å². The van der Waals surface area contributed by atoms with Gasteiger partial charge in [0.2, 0.25) is 0 Å². The molecular formula is C23H30ClN3O3. The van der Waals surface area contributed by atoms with E-state index in [4.69, 9.17) is 9.47 Å². The van der Waals surface area contributed by atoms with E-state index in [1.807, 2.05) is 30.3 Å². The molecule has 1 fully saturated rings. The van der Waals surface area contributed by atoms with Crippen LogP contribution in [0.5, 0.6) is 11.5 Å². The number of fused-ring (bicyclic) bond motifs is 1. The molecule has 0 unspecified atom stereocenters. The molecule has 0 spiro atoms. The highest BCUT2D eigenvalue weighted by molar-refractivity contribution is 5.85. The number of benzene rings is 2. The van der Waals surface area contributed by atoms with Crippen LogP contribution in [-0.2, 0) is 27.2 Å². The van der Waals surface area contributed by atoms with Crippen LogP contribution in [0.2, 0.25) is 0 Å². The first kappa shape index (κ1) is 22.2. The van der Waals surface area contributed by atoms with Crippen molar-refractivity contribution in [1.82, 2.24) is 14.5 Å². The number of aryl methyl sites for hydroxylation is 2. The minimum Gasteiger partial charge on any atom is -0.493 e. The Morgan fingerprint density at radius 2 is 1.67 bits per heavy atom. The van der Waals surface area contributed by atoms with Gasteiger partial charge in [0.15, 0.2) is 11.5 Å². The summed E-state index contributed by atoms with van der Waals surface area (Å²) in [6.45, 7) is 1.26. The summed E-state index contributed by atoms with van der Waals surface area (Å²) in [5, 5.41) is 3.63. The molecule has 0 atom stereocenters. The Labute approximate surface area is 183 Å². The van der Waals surface area contributed by atoms with E-state index in [0.29, 0.717) is 12.6 Å². The van der Waals surface area contributed by atoms with E-state index < -0.39 is 0 Å². The fraction of sp³-hybridized carbons (Fsp3) is 0.435. The van der Waals surface area contributed by atoms with Crippen molar-refractivity contribution in [2.45, 2.75) is 44.9 Å². The maximum Gasteiger partial charge on any atom is 0.328 e. The first-order chi connectivity index (χ1) is 14.1. The monoisotopic (exact) mass is 431 g/mol. The van der Waals surface area contributed by atoms with Gasteiger partial charge < -0.3 is 14.8 Å². The number of hydrogen-bond acceptors (Lipinski definition) is 4. The molecule has 1 aliphatic carbocycles. The van der Waals surface area contributed by atoms with Crippen molar-refractivity contribution in [3.8, 4) is 11.5 Å². The molecule has 1 saturated carbocycles. The lowest BCUT2D eigenvalue weighted by Gasteiger charge is -2.15. The van der Waals surface area contributed by atoms with Crippen LogP contribution < -0.4 is 20.5 Å². The van der Waals surface area contributed by atoms with E-state index >= 15 is 0 Å². The van der Waals surface area contributed by atoms with Crippen LogP contribution >= 0.6 is 12.4 Å². The van der Waals surface area contributed by atoms with Gasteiger partial charge in [-0.1, -0.05) is 25.0 Å². The summed E-state index contributed by atoms with van der Waals surface area (Å²) in [6.07, 6.45) is 5.21. The maximum atomic E-state index is 12.1. The molecular weight excluding hydrogens is 402 g/mol. The molecule has 2 aromatic carbocycles. The van der Waals surface area contributed by atoms with Gasteiger partial charge in [-0.2, -0.15) is 0 Å². The minimum atomic E-state index is -0.0264. The summed E-state index contributed by atoms with van der Waals surface area (Å²) in [7, 11) is 5.24. The van der Waals surface area contributed by atoms with Crippen LogP contribution in [0.3, 0.4) is 0 Å². The number of rotatable bonds is 7. The number of ether oxygens (including phenoxy) is 2. The van der Waals surface area contributed by atoms with Gasteiger partial charge in [0.25, 0.3) is 0 Å². The Bertz CT molecular complexity index is 1070. The zero-order chi connectivity index (χ0) is 20.4. The van der Waals surface area contributed by atoms with Gasteiger partial charge in [-0.05, 0) is 48.2 Å². The number of nitrogens with one attached hydrogen (secondary N) is 1. The summed E-state index contributed by atoms with van der Waals surface area (Å²) < 4.78 is 14.9. The molecule has 1 heterocycles. The van der Waals surface area contributed by atoms with Crippen LogP contribution in [0.4, 0.5) is 0 Å². The number of halogens is 1. The Kier molecular flexibility index (Phi) is 7.10. The zero-order valence-corrected chi connectivity index (χ0v) is 18.6. The Balaban J connectivity index is 0.00000256. The molecule has 0 radical (unpaired) electrons. The second-order valence-corrected chi connectivity index (χ2v) is 7.86. The number of aromatic nitrogens is 2. The van der Waals surface area contributed by atoms with Crippen molar-refractivity contribution in [3.05, 3.63) is 58.0 Å². The molecule has 1 aromatic heterocycles. The van der Waals surface area contributed by atoms with E-state index in [2.05, 4.69) is 11.4 Å². The van der Waals surface area contributed by atoms with E-state index in [1.165, 1.54) is 31.2 Å². The highest BCUT2D eigenvalue weighted by Crippen LogP contribution is 2.29. The lowest BCUT2D eigenvalue weighted by Crippen LogP contribution is -2.25. The minimum absolute atomic E-state index is 0. The molecule has 4 rings (SSSR count). The molecule has 1 N–H and O–H groups in total. The van der Waals surface area contributed by atoms with Crippen molar-refractivity contribution < 1.29 is 9.47 Å². The van der Waals surface area contributed by atoms with Gasteiger partial charge in [-0.25, -0.2) is 4.79 Å². The lowest BCUT2D eigenvalue weighted by atomic mass is 10.1. The average molecular weight is 432 g/mol. The molecule has 1 aliphatic rings. The third-order valence-corrected chi connectivity index (χ3v) is 5.91. The van der Waals surface area contributed by atoms with Crippen molar-refractivity contribution in [2.75, 3.05) is 7.11 Å². The van der Waals surface area contributed by atoms with E-state index in [-0.39, 0.29) is 18.1 Å². The maximum absolute atomic E-state index is 12.1. The van der Waals surface area contributed by atoms with Crippen molar-refractivity contribution in [2.24, 2.45) is 14.1 Å². The predicted molar refractivity (Wildman–Crippen MR) is 122 cm³/mol. The summed E-state index contributed by atoms with van der Waals surface area (Å²) in [5.74, 6) is 1.46. The van der Waals surface area contributed by atoms with Crippen molar-refractivity contribution >= 4 is 23.4 Å². The SMILES string of the molecule is COc1cc(CNC2CCCC2)ccc1OCc1ccc2c(c1)n(C)c(=O)n2C.Cl. The van der Waals surface area contributed by atoms with Gasteiger partial charge in [-0.3, -0.25) is 9.13 Å². The number of methoxy groups -OCH3 is 1. The van der Waals surface area contributed by atoms with E-state index in [1.54, 1.807) is 30.3 Å². The summed E-state index contributed by atoms with van der Waals surface area (Å²) in [6, 6.07) is 12.7. The van der Waals surface area contributed by atoms with Gasteiger partial charge in [-0.15, -0.1) is 12.4 Å². The molecule has 3 aromatic rings. The zero-order valence-electron chi connectivity index (χ0n) is 17.8. The van der Waals surface area contributed by atoms with Crippen LogP contribution in [0.25, 0.3) is 11.0 Å². The predicted octanol–water partition coefficient (Wildman–Crippen LogP) is 3.92. The molecule has 0 saturated heterocycles. The molecule has 30 heavy (non-hydrogen) atoms. The Morgan fingerprint density at radius 3 is 2.40 bits per heavy atom. The van der Waals surface area contributed by atoms with Crippen LogP contribution in [0, 0.1) is 0 Å². The van der Waals surface area contributed by atoms with Gasteiger partial charge >= 0.3 is 5.69 Å². The first-order valence-corrected chi connectivity index (χ1v) is 10.2. The van der Waals surface area contributed by atoms with Gasteiger partial charge in [0.1, 0.15) is 6.61 Å². The average Bonchev–Trinajstić information content (AvgIpc) is 3.34. The molecule has 162 valence electrons. The molecule has 0 aliphatic heterocycles. The quantitative estimate of drug-likeness (QED) is 0.616. The highest BCUT2D eigenvalue weighted by Gasteiger charge is 2.15. The number of imidazole rings is 1. The van der Waals surface area contributed by atoms with Crippen LogP contribution in [0.15, 0.2) is 41.2 Å². The second kappa shape index (κ2) is 9.58. The summed E-state index contributed by atoms with van der Waals surface area (Å²) in [5.41, 5.74) is 3.99. The lowest BCUT2D eigenvalue weighted by molar-refractivity contribution is 0.284. The van der Waals surface area contributed by atoms with Gasteiger partial charge in [0.05, 0.1) is 18.1 Å². The summed E-state index contributed by atoms with van der Waals surface area (Å²) in [4.78, 5) is 12.1. The van der Waals surface area contributed by atoms with Crippen molar-refractivity contribution in [1.29, 1.82) is 0 Å². The van der Waals surface area contributed by atoms with Crippen LogP contribution in [-0.4, -0.2) is 22.3 Å². The first-order valence-electron chi connectivity index (χ1n) is 10.2.